The van der Waals surface area contributed by atoms with Crippen molar-refractivity contribution in [2.45, 2.75) is 13.8 Å². The van der Waals surface area contributed by atoms with Crippen LogP contribution in [0, 0.1) is 13.8 Å². The van der Waals surface area contributed by atoms with Gasteiger partial charge < -0.3 is 10.1 Å². The molecule has 35 heavy (non-hydrogen) atoms. The van der Waals surface area contributed by atoms with Gasteiger partial charge in [-0.25, -0.2) is 19.0 Å². The summed E-state index contributed by atoms with van der Waals surface area (Å²) in [6.07, 6.45) is 3.00. The van der Waals surface area contributed by atoms with Crippen LogP contribution in [0.25, 0.3) is 22.6 Å². The molecule has 1 N–H and O–H groups in total. The largest absolute Gasteiger partial charge is 0.452 e. The Hall–Kier alpha value is -4.79. The summed E-state index contributed by atoms with van der Waals surface area (Å²) in [5.74, 6) is -0.686. The summed E-state index contributed by atoms with van der Waals surface area (Å²) in [5, 5.41) is 11.5. The number of fused-ring (bicyclic) bond motifs is 1. The maximum atomic E-state index is 12.7. The molecule has 9 heteroatoms. The number of benzene rings is 2. The Balaban J connectivity index is 1.29. The molecule has 5 aromatic rings. The van der Waals surface area contributed by atoms with Gasteiger partial charge >= 0.3 is 5.97 Å². The molecule has 5 rings (SSSR count). The highest BCUT2D eigenvalue weighted by Crippen LogP contribution is 2.21. The Labute approximate surface area is 201 Å². The molecule has 0 radical (unpaired) electrons. The molecule has 3 heterocycles. The number of amides is 1. The van der Waals surface area contributed by atoms with E-state index < -0.39 is 18.5 Å². The minimum absolute atomic E-state index is 0.177. The average molecular weight is 467 g/mol. The van der Waals surface area contributed by atoms with Crippen LogP contribution in [0.1, 0.15) is 21.6 Å². The van der Waals surface area contributed by atoms with Crippen LogP contribution in [-0.4, -0.2) is 42.9 Å². The first-order valence-corrected chi connectivity index (χ1v) is 11.0. The van der Waals surface area contributed by atoms with Gasteiger partial charge in [-0.1, -0.05) is 48.0 Å². The van der Waals surface area contributed by atoms with Gasteiger partial charge in [-0.15, -0.1) is 0 Å². The van der Waals surface area contributed by atoms with Crippen molar-refractivity contribution >= 4 is 23.3 Å². The molecular weight excluding hydrogens is 444 g/mol. The molecule has 2 aromatic carbocycles. The molecule has 0 saturated heterocycles. The van der Waals surface area contributed by atoms with Crippen molar-refractivity contribution in [1.29, 1.82) is 0 Å². The van der Waals surface area contributed by atoms with Crippen molar-refractivity contribution in [1.82, 2.24) is 24.4 Å². The zero-order valence-electron chi connectivity index (χ0n) is 19.2. The molecule has 0 fully saturated rings. The van der Waals surface area contributed by atoms with Crippen molar-refractivity contribution in [2.75, 3.05) is 11.9 Å². The lowest BCUT2D eigenvalue weighted by Gasteiger charge is -2.09. The van der Waals surface area contributed by atoms with Gasteiger partial charge in [-0.2, -0.15) is 10.2 Å². The molecule has 0 aliphatic carbocycles. The summed E-state index contributed by atoms with van der Waals surface area (Å²) < 4.78 is 8.48. The van der Waals surface area contributed by atoms with Crippen LogP contribution in [0.4, 0.5) is 5.82 Å². The number of nitrogens with zero attached hydrogens (tertiary/aromatic N) is 5. The zero-order chi connectivity index (χ0) is 24.4. The van der Waals surface area contributed by atoms with Gasteiger partial charge in [-0.05, 0) is 32.0 Å². The first-order valence-electron chi connectivity index (χ1n) is 11.0. The summed E-state index contributed by atoms with van der Waals surface area (Å²) in [6, 6.07) is 21.0. The van der Waals surface area contributed by atoms with E-state index in [0.29, 0.717) is 11.5 Å². The number of carbonyl (C=O) groups excluding carboxylic acids is 2. The van der Waals surface area contributed by atoms with E-state index in [9.17, 15) is 9.59 Å². The van der Waals surface area contributed by atoms with Crippen LogP contribution in [0.15, 0.2) is 79.1 Å². The van der Waals surface area contributed by atoms with Gasteiger partial charge in [0.25, 0.3) is 5.91 Å². The number of aryl methyl sites for hydroxylation is 2. The Bertz CT molecular complexity index is 1520. The minimum Gasteiger partial charge on any atom is -0.452 e. The topological polar surface area (TPSA) is 103 Å². The van der Waals surface area contributed by atoms with Crippen molar-refractivity contribution in [3.8, 4) is 16.9 Å². The maximum absolute atomic E-state index is 12.7. The first kappa shape index (κ1) is 22.0. The Morgan fingerprint density at radius 2 is 1.77 bits per heavy atom. The van der Waals surface area contributed by atoms with Crippen LogP contribution in [0.2, 0.25) is 0 Å². The van der Waals surface area contributed by atoms with Crippen molar-refractivity contribution in [2.24, 2.45) is 0 Å². The molecule has 0 aliphatic heterocycles. The van der Waals surface area contributed by atoms with Gasteiger partial charge in [0.2, 0.25) is 0 Å². The molecule has 174 valence electrons. The zero-order valence-corrected chi connectivity index (χ0v) is 19.2. The van der Waals surface area contributed by atoms with Crippen molar-refractivity contribution in [3.05, 3.63) is 95.9 Å². The highest BCUT2D eigenvalue weighted by atomic mass is 16.5. The van der Waals surface area contributed by atoms with E-state index in [1.165, 1.54) is 6.20 Å². The molecule has 0 unspecified atom stereocenters. The van der Waals surface area contributed by atoms with E-state index in [2.05, 4.69) is 20.5 Å². The van der Waals surface area contributed by atoms with Gasteiger partial charge in [0, 0.05) is 17.8 Å². The van der Waals surface area contributed by atoms with E-state index in [4.69, 9.17) is 4.74 Å². The van der Waals surface area contributed by atoms with Gasteiger partial charge in [-0.3, -0.25) is 4.79 Å². The second kappa shape index (κ2) is 9.22. The predicted octanol–water partition coefficient (Wildman–Crippen LogP) is 3.99. The second-order valence-corrected chi connectivity index (χ2v) is 8.03. The second-order valence-electron chi connectivity index (χ2n) is 8.03. The molecule has 1 amide bonds. The smallest absolute Gasteiger partial charge is 0.344 e. The number of anilines is 1. The lowest BCUT2D eigenvalue weighted by atomic mass is 10.1. The summed E-state index contributed by atoms with van der Waals surface area (Å²) in [6.45, 7) is 3.37. The number of carbonyl (C=O) groups is 2. The van der Waals surface area contributed by atoms with Crippen LogP contribution in [0.5, 0.6) is 0 Å². The third-order valence-corrected chi connectivity index (χ3v) is 5.40. The average Bonchev–Trinajstić information content (AvgIpc) is 3.47. The number of nitrogens with one attached hydrogen (secondary N) is 1. The van der Waals surface area contributed by atoms with E-state index in [1.807, 2.05) is 74.5 Å². The van der Waals surface area contributed by atoms with Gasteiger partial charge in [0.1, 0.15) is 11.4 Å². The molecular formula is C26H22N6O3. The Morgan fingerprint density at radius 3 is 2.54 bits per heavy atom. The molecule has 0 aliphatic rings. The quantitative estimate of drug-likeness (QED) is 0.380. The maximum Gasteiger partial charge on any atom is 0.344 e. The Morgan fingerprint density at radius 1 is 1.00 bits per heavy atom. The Kier molecular flexibility index (Phi) is 5.80. The highest BCUT2D eigenvalue weighted by Gasteiger charge is 2.19. The monoisotopic (exact) mass is 466 g/mol. The van der Waals surface area contributed by atoms with E-state index in [0.717, 1.165) is 28.2 Å². The summed E-state index contributed by atoms with van der Waals surface area (Å²) in [5.41, 5.74) is 4.91. The fourth-order valence-electron chi connectivity index (χ4n) is 3.72. The van der Waals surface area contributed by atoms with Crippen molar-refractivity contribution < 1.29 is 14.3 Å². The third-order valence-electron chi connectivity index (χ3n) is 5.40. The van der Waals surface area contributed by atoms with E-state index in [-0.39, 0.29) is 5.56 Å². The SMILES string of the molecule is Cc1ccc(-n2nc(C)cc2NC(=O)COC(=O)c2cnn3c(-c4ccccc4)ccnc23)cc1. The molecule has 0 spiro atoms. The normalized spacial score (nSPS) is 10.9. The standard InChI is InChI=1S/C26H22N6O3/c1-17-8-10-20(11-9-17)31-23(14-18(2)30-31)29-24(33)16-35-26(34)21-15-28-32-22(12-13-27-25(21)32)19-6-4-3-5-7-19/h3-15H,16H2,1-2H3,(H,29,33). The lowest BCUT2D eigenvalue weighted by molar-refractivity contribution is -0.119. The van der Waals surface area contributed by atoms with Crippen LogP contribution < -0.4 is 5.32 Å². The number of aromatic nitrogens is 5. The van der Waals surface area contributed by atoms with E-state index in [1.54, 1.807) is 21.5 Å². The van der Waals surface area contributed by atoms with Gasteiger partial charge in [0.15, 0.2) is 12.3 Å². The summed E-state index contributed by atoms with van der Waals surface area (Å²) in [7, 11) is 0. The molecule has 0 atom stereocenters. The fraction of sp³-hybridized carbons (Fsp3) is 0.115. The predicted molar refractivity (Wildman–Crippen MR) is 130 cm³/mol. The lowest BCUT2D eigenvalue weighted by Crippen LogP contribution is -2.22. The third kappa shape index (κ3) is 4.51. The van der Waals surface area contributed by atoms with Gasteiger partial charge in [0.05, 0.1) is 23.3 Å². The van der Waals surface area contributed by atoms with Crippen LogP contribution >= 0.6 is 0 Å². The minimum atomic E-state index is -0.684. The fourth-order valence-corrected chi connectivity index (χ4v) is 3.72. The van der Waals surface area contributed by atoms with Crippen molar-refractivity contribution in [3.63, 3.8) is 0 Å². The van der Waals surface area contributed by atoms with Crippen LogP contribution in [-0.2, 0) is 9.53 Å². The van der Waals surface area contributed by atoms with E-state index >= 15 is 0 Å². The molecule has 0 bridgehead atoms. The number of hydrogen-bond donors (Lipinski definition) is 1. The molecule has 9 nitrogen and oxygen atoms in total. The van der Waals surface area contributed by atoms with Crippen LogP contribution in [0.3, 0.4) is 0 Å². The molecule has 0 saturated carbocycles. The first-order chi connectivity index (χ1) is 17.0. The number of esters is 1. The number of ether oxygens (including phenoxy) is 1. The highest BCUT2D eigenvalue weighted by molar-refractivity contribution is 5.98. The number of hydrogen-bond acceptors (Lipinski definition) is 6. The number of rotatable bonds is 6. The molecule has 3 aromatic heterocycles. The summed E-state index contributed by atoms with van der Waals surface area (Å²) in [4.78, 5) is 29.6. The summed E-state index contributed by atoms with van der Waals surface area (Å²) >= 11 is 0.